The zero-order valence-corrected chi connectivity index (χ0v) is 17.9. The molecule has 8 nitrogen and oxygen atoms in total. The van der Waals surface area contributed by atoms with E-state index < -0.39 is 23.4 Å². The third kappa shape index (κ3) is 8.65. The molecule has 0 aliphatic rings. The van der Waals surface area contributed by atoms with Crippen LogP contribution in [-0.2, 0) is 21.1 Å². The second-order valence-electron chi connectivity index (χ2n) is 5.49. The Morgan fingerprint density at radius 2 is 1.83 bits per heavy atom. The number of esters is 1. The number of nitrogens with zero attached hydrogens (tertiary/aromatic N) is 4. The van der Waals surface area contributed by atoms with Crippen molar-refractivity contribution in [1.82, 2.24) is 0 Å². The van der Waals surface area contributed by atoms with Gasteiger partial charge in [-0.25, -0.2) is 4.39 Å². The number of hydrogen-bond donors (Lipinski definition) is 0. The number of benzene rings is 2. The molecule has 2 rings (SSSR count). The van der Waals surface area contributed by atoms with Crippen LogP contribution in [0.4, 0.5) is 21.5 Å². The lowest BCUT2D eigenvalue weighted by Gasteiger charge is -2.18. The molecule has 2 aromatic carbocycles. The summed E-state index contributed by atoms with van der Waals surface area (Å²) in [6.07, 6.45) is 0.170. The fraction of sp³-hybridized carbons (Fsp3) is 0.222. The van der Waals surface area contributed by atoms with Crippen LogP contribution in [-0.4, -0.2) is 34.6 Å². The van der Waals surface area contributed by atoms with Crippen molar-refractivity contribution < 1.29 is 22.3 Å². The lowest BCUT2D eigenvalue weighted by molar-refractivity contribution is -0.141. The van der Waals surface area contributed by atoms with Gasteiger partial charge in [-0.3, -0.25) is 4.79 Å². The summed E-state index contributed by atoms with van der Waals surface area (Å²) in [4.78, 5) is 13.3. The van der Waals surface area contributed by atoms with Crippen LogP contribution in [0, 0.1) is 17.1 Å². The molecule has 0 heterocycles. The number of nitriles is 1. The number of anilines is 1. The smallest absolute Gasteiger partial charge is 0.335 e. The van der Waals surface area contributed by atoms with Gasteiger partial charge in [0.2, 0.25) is 0 Å². The van der Waals surface area contributed by atoms with Crippen molar-refractivity contribution in [3.8, 4) is 6.07 Å². The first-order valence-electron chi connectivity index (χ1n) is 8.14. The molecule has 0 aromatic heterocycles. The first kappa shape index (κ1) is 25.2. The van der Waals surface area contributed by atoms with Crippen molar-refractivity contribution >= 4 is 57.8 Å². The van der Waals surface area contributed by atoms with Gasteiger partial charge in [0.05, 0.1) is 22.2 Å². The van der Waals surface area contributed by atoms with Crippen LogP contribution >= 0.6 is 23.2 Å². The standard InChI is InChI=1S/C18H15Cl2FN4O2.O2S/c1-25(8-6-18(26)27-9-7-22)13-4-2-12(3-5-13)23-24-17-11-14(19)16(21)10-15(17)20;1-3-2/h2-5,10-11H,6,8-9H2,1H3;. The Balaban J connectivity index is 0.00000141. The van der Waals surface area contributed by atoms with Crippen molar-refractivity contribution in [2.45, 2.75) is 6.42 Å². The Labute approximate surface area is 185 Å². The summed E-state index contributed by atoms with van der Waals surface area (Å²) < 4.78 is 34.6. The van der Waals surface area contributed by atoms with E-state index in [4.69, 9.17) is 41.6 Å². The molecule has 12 heteroatoms. The van der Waals surface area contributed by atoms with E-state index in [-0.39, 0.29) is 28.8 Å². The molecule has 0 amide bonds. The number of rotatable bonds is 7. The van der Waals surface area contributed by atoms with Crippen molar-refractivity contribution in [2.75, 3.05) is 25.1 Å². The van der Waals surface area contributed by atoms with Crippen LogP contribution in [0.5, 0.6) is 0 Å². The molecule has 0 unspecified atom stereocenters. The molecule has 2 aromatic rings. The lowest BCUT2D eigenvalue weighted by atomic mass is 10.2. The fourth-order valence-corrected chi connectivity index (χ4v) is 2.39. The quantitative estimate of drug-likeness (QED) is 0.325. The minimum atomic E-state index is -0.750. The molecule has 158 valence electrons. The third-order valence-corrected chi connectivity index (χ3v) is 4.09. The van der Waals surface area contributed by atoms with Crippen LogP contribution in [0.3, 0.4) is 0 Å². The molecule has 0 radical (unpaired) electrons. The van der Waals surface area contributed by atoms with Gasteiger partial charge < -0.3 is 9.64 Å². The zero-order chi connectivity index (χ0) is 22.5. The van der Waals surface area contributed by atoms with E-state index in [1.54, 1.807) is 18.2 Å². The van der Waals surface area contributed by atoms with Crippen molar-refractivity contribution in [3.05, 3.63) is 52.3 Å². The molecular weight excluding hydrogens is 458 g/mol. The van der Waals surface area contributed by atoms with Crippen molar-refractivity contribution in [2.24, 2.45) is 10.2 Å². The van der Waals surface area contributed by atoms with Crippen LogP contribution in [0.15, 0.2) is 46.6 Å². The molecule has 0 atom stereocenters. The summed E-state index contributed by atoms with van der Waals surface area (Å²) in [5, 5.41) is 16.4. The highest BCUT2D eigenvalue weighted by Crippen LogP contribution is 2.32. The van der Waals surface area contributed by atoms with Gasteiger partial charge in [0.1, 0.15) is 17.6 Å². The number of azo groups is 1. The van der Waals surface area contributed by atoms with E-state index >= 15 is 0 Å². The summed E-state index contributed by atoms with van der Waals surface area (Å²) in [7, 11) is 1.83. The molecule has 0 saturated carbocycles. The Kier molecular flexibility index (Phi) is 11.2. The predicted molar refractivity (Wildman–Crippen MR) is 110 cm³/mol. The second-order valence-corrected chi connectivity index (χ2v) is 6.44. The number of hydrogen-bond acceptors (Lipinski definition) is 8. The minimum Gasteiger partial charge on any atom is -0.450 e. The van der Waals surface area contributed by atoms with Gasteiger partial charge in [0.15, 0.2) is 6.61 Å². The van der Waals surface area contributed by atoms with Gasteiger partial charge in [-0.05, 0) is 36.4 Å². The van der Waals surface area contributed by atoms with Gasteiger partial charge in [-0.1, -0.05) is 23.2 Å². The van der Waals surface area contributed by atoms with Gasteiger partial charge in [-0.2, -0.15) is 18.8 Å². The molecule has 0 aliphatic heterocycles. The van der Waals surface area contributed by atoms with Crippen LogP contribution in [0.25, 0.3) is 0 Å². The summed E-state index contributed by atoms with van der Waals surface area (Å²) in [5.74, 6) is -1.05. The molecule has 0 fully saturated rings. The van der Waals surface area contributed by atoms with Crippen molar-refractivity contribution in [3.63, 3.8) is 0 Å². The second kappa shape index (κ2) is 13.4. The average molecular weight is 473 g/mol. The van der Waals surface area contributed by atoms with E-state index in [0.29, 0.717) is 12.2 Å². The molecule has 0 spiro atoms. The van der Waals surface area contributed by atoms with E-state index in [1.165, 1.54) is 6.07 Å². The Morgan fingerprint density at radius 1 is 1.20 bits per heavy atom. The van der Waals surface area contributed by atoms with Crippen LogP contribution in [0.2, 0.25) is 10.0 Å². The first-order chi connectivity index (χ1) is 14.3. The van der Waals surface area contributed by atoms with E-state index in [0.717, 1.165) is 11.8 Å². The van der Waals surface area contributed by atoms with Gasteiger partial charge >= 0.3 is 17.5 Å². The monoisotopic (exact) mass is 472 g/mol. The van der Waals surface area contributed by atoms with E-state index in [1.807, 2.05) is 24.1 Å². The zero-order valence-electron chi connectivity index (χ0n) is 15.5. The molecule has 0 N–H and O–H groups in total. The van der Waals surface area contributed by atoms with E-state index in [2.05, 4.69) is 10.2 Å². The summed E-state index contributed by atoms with van der Waals surface area (Å²) in [5.41, 5.74) is 1.70. The van der Waals surface area contributed by atoms with Gasteiger partial charge in [0, 0.05) is 19.3 Å². The maximum absolute atomic E-state index is 13.3. The minimum absolute atomic E-state index is 0.0846. The summed E-state index contributed by atoms with van der Waals surface area (Å²) in [6.45, 7) is 0.195. The van der Waals surface area contributed by atoms with E-state index in [9.17, 15) is 9.18 Å². The van der Waals surface area contributed by atoms with Crippen LogP contribution in [0.1, 0.15) is 6.42 Å². The predicted octanol–water partition coefficient (Wildman–Crippen LogP) is 4.77. The first-order valence-corrected chi connectivity index (χ1v) is 9.56. The van der Waals surface area contributed by atoms with Crippen molar-refractivity contribution in [1.29, 1.82) is 5.26 Å². The number of carbonyl (C=O) groups excluding carboxylic acids is 1. The summed E-state index contributed by atoms with van der Waals surface area (Å²) >= 11 is 10.9. The number of ether oxygens (including phenoxy) is 1. The number of halogens is 3. The largest absolute Gasteiger partial charge is 0.450 e. The van der Waals surface area contributed by atoms with Gasteiger partial charge in [0.25, 0.3) is 0 Å². The number of carbonyl (C=O) groups is 1. The average Bonchev–Trinajstić information content (AvgIpc) is 2.73. The highest BCUT2D eigenvalue weighted by Gasteiger charge is 2.08. The molecule has 0 bridgehead atoms. The van der Waals surface area contributed by atoms with Crippen LogP contribution < -0.4 is 4.90 Å². The van der Waals surface area contributed by atoms with Gasteiger partial charge in [-0.15, -0.1) is 5.11 Å². The molecule has 30 heavy (non-hydrogen) atoms. The third-order valence-electron chi connectivity index (χ3n) is 3.50. The maximum Gasteiger partial charge on any atom is 0.335 e. The molecular formula is C18H15Cl2FN4O4S. The summed E-state index contributed by atoms with van der Waals surface area (Å²) in [6, 6.07) is 11.2. The maximum atomic E-state index is 13.3. The Hall–Kier alpha value is -2.87. The molecule has 0 saturated heterocycles. The fourth-order valence-electron chi connectivity index (χ4n) is 2.05. The topological polar surface area (TPSA) is 112 Å². The SMILES string of the molecule is CN(CCC(=O)OCC#N)c1ccc(N=Nc2cc(Cl)c(F)cc2Cl)cc1.O=S=O. The Bertz CT molecular complexity index is 977. The Morgan fingerprint density at radius 3 is 2.43 bits per heavy atom. The normalized spacial score (nSPS) is 9.97. The highest BCUT2D eigenvalue weighted by atomic mass is 35.5. The lowest BCUT2D eigenvalue weighted by Crippen LogP contribution is -2.21. The highest BCUT2D eigenvalue weighted by molar-refractivity contribution is 7.51. The molecule has 0 aliphatic carbocycles.